The standard InChI is InChI=1S/C42H41N5O9S.Na/c1-42(2)34(40(52)53)47-36(49)33(39(47)57-42)43-35(48)32(29-16-10-5-11-17-29)44-41(54)46-21-20-45(37(50)38(46)51)23-28-18-19-30(55-24-26-12-6-3-7-13-26)31(22-28)56-25-27-14-8-4-9-15-27;/h3-19,22,32-34,39H,20-21,23-25H2,1-2H3,(H,43,48)(H,44,54)(H,52,53);/q;+1/p-1/t32?,33-,34-,39+;/m0./s1. The quantitative estimate of drug-likeness (QED) is 0.104. The Morgan fingerprint density at radius 2 is 1.38 bits per heavy atom. The topological polar surface area (TPSA) is 178 Å². The number of hydrogen-bond donors (Lipinski definition) is 2. The van der Waals surface area contributed by atoms with Gasteiger partial charge in [-0.15, -0.1) is 11.8 Å². The molecule has 0 spiro atoms. The predicted octanol–water partition coefficient (Wildman–Crippen LogP) is -0.233. The molecule has 0 aliphatic carbocycles. The molecule has 0 aromatic heterocycles. The van der Waals surface area contributed by atoms with E-state index in [1.54, 1.807) is 62.4 Å². The summed E-state index contributed by atoms with van der Waals surface area (Å²) in [4.78, 5) is 82.4. The van der Waals surface area contributed by atoms with Gasteiger partial charge in [-0.05, 0) is 48.2 Å². The van der Waals surface area contributed by atoms with Gasteiger partial charge >= 0.3 is 47.4 Å². The van der Waals surface area contributed by atoms with Crippen molar-refractivity contribution < 1.29 is 72.9 Å². The third-order valence-corrected chi connectivity index (χ3v) is 11.6. The molecule has 4 atom stereocenters. The molecule has 4 aromatic carbocycles. The predicted molar refractivity (Wildman–Crippen MR) is 206 cm³/mol. The van der Waals surface area contributed by atoms with Crippen LogP contribution in [0.15, 0.2) is 109 Å². The van der Waals surface area contributed by atoms with Gasteiger partial charge in [0.25, 0.3) is 0 Å². The fourth-order valence-electron chi connectivity index (χ4n) is 7.10. The van der Waals surface area contributed by atoms with E-state index < -0.39 is 63.9 Å². The Kier molecular flexibility index (Phi) is 13.2. The van der Waals surface area contributed by atoms with E-state index in [1.165, 1.54) is 21.6 Å². The number of aliphatic carboxylic acids is 1. The molecule has 4 aromatic rings. The van der Waals surface area contributed by atoms with E-state index in [4.69, 9.17) is 9.47 Å². The van der Waals surface area contributed by atoms with Crippen molar-refractivity contribution in [2.45, 2.75) is 61.9 Å². The summed E-state index contributed by atoms with van der Waals surface area (Å²) in [5, 5.41) is 16.4. The van der Waals surface area contributed by atoms with Crippen LogP contribution < -0.4 is 54.8 Å². The SMILES string of the molecule is CC1(C)S[C@@H]2[C@@H](NC(=O)C(NC(=O)N3CCN(Cc4ccc(OCc5ccccc5)c(OCc5ccccc5)c4)C(=O)C3=O)c3ccccc3)C(=O)N2[C@H]1C(=O)[O-].[Na+]. The van der Waals surface area contributed by atoms with Crippen LogP contribution in [0, 0.1) is 0 Å². The molecular formula is C42H40N5NaO9S. The number of carboxylic acid groups (broad SMARTS) is 1. The Hall–Kier alpha value is -5.35. The number of fused-ring (bicyclic) bond motifs is 1. The van der Waals surface area contributed by atoms with Crippen molar-refractivity contribution in [3.05, 3.63) is 131 Å². The first-order valence-corrected chi connectivity index (χ1v) is 19.2. The summed E-state index contributed by atoms with van der Waals surface area (Å²) >= 11 is 1.23. The van der Waals surface area contributed by atoms with Crippen molar-refractivity contribution >= 4 is 47.4 Å². The number of carbonyl (C=O) groups excluding carboxylic acids is 6. The van der Waals surface area contributed by atoms with Crippen molar-refractivity contribution in [3.63, 3.8) is 0 Å². The van der Waals surface area contributed by atoms with Gasteiger partial charge in [-0.1, -0.05) is 97.1 Å². The van der Waals surface area contributed by atoms with Crippen LogP contribution >= 0.6 is 11.8 Å². The van der Waals surface area contributed by atoms with Crippen molar-refractivity contribution in [2.24, 2.45) is 0 Å². The Bertz CT molecular complexity index is 2180. The Morgan fingerprint density at radius 1 is 0.793 bits per heavy atom. The third kappa shape index (κ3) is 9.02. The fraction of sp³-hybridized carbons (Fsp3) is 0.286. The molecule has 7 rings (SSSR count). The second-order valence-electron chi connectivity index (χ2n) is 14.4. The molecule has 3 heterocycles. The first kappa shape index (κ1) is 42.3. The molecule has 3 aliphatic rings. The molecule has 3 fully saturated rings. The maximum Gasteiger partial charge on any atom is 1.00 e. The van der Waals surface area contributed by atoms with E-state index in [0.717, 1.165) is 16.0 Å². The number of carboxylic acids is 1. The number of nitrogens with one attached hydrogen (secondary N) is 2. The molecule has 0 bridgehead atoms. The molecular weight excluding hydrogens is 774 g/mol. The van der Waals surface area contributed by atoms with Gasteiger partial charge in [0.15, 0.2) is 11.5 Å². The normalized spacial score (nSPS) is 19.9. The fourth-order valence-corrected chi connectivity index (χ4v) is 8.72. The number of thioether (sulfide) groups is 1. The van der Waals surface area contributed by atoms with Gasteiger partial charge in [0.05, 0.1) is 12.0 Å². The van der Waals surface area contributed by atoms with E-state index in [2.05, 4.69) is 10.6 Å². The molecule has 58 heavy (non-hydrogen) atoms. The number of β-lactam (4-membered cyclic amide) rings is 1. The molecule has 2 N–H and O–H groups in total. The molecule has 0 saturated carbocycles. The van der Waals surface area contributed by atoms with Gasteiger partial charge in [0, 0.05) is 24.4 Å². The summed E-state index contributed by atoms with van der Waals surface area (Å²) in [6.07, 6.45) is 0. The van der Waals surface area contributed by atoms with Crippen molar-refractivity contribution in [1.29, 1.82) is 0 Å². The summed E-state index contributed by atoms with van der Waals surface area (Å²) < 4.78 is 11.4. The third-order valence-electron chi connectivity index (χ3n) is 10.0. The Morgan fingerprint density at radius 3 is 1.98 bits per heavy atom. The Balaban J connectivity index is 0.00000567. The van der Waals surface area contributed by atoms with E-state index >= 15 is 0 Å². The van der Waals surface area contributed by atoms with Gasteiger partial charge in [-0.25, -0.2) is 4.79 Å². The summed E-state index contributed by atoms with van der Waals surface area (Å²) in [5.74, 6) is -3.73. The molecule has 3 saturated heterocycles. The molecule has 14 nitrogen and oxygen atoms in total. The van der Waals surface area contributed by atoms with Crippen LogP contribution in [0.5, 0.6) is 11.5 Å². The first-order valence-electron chi connectivity index (χ1n) is 18.3. The van der Waals surface area contributed by atoms with E-state index in [9.17, 15) is 33.9 Å². The monoisotopic (exact) mass is 813 g/mol. The summed E-state index contributed by atoms with van der Waals surface area (Å²) in [7, 11) is 0. The van der Waals surface area contributed by atoms with E-state index in [-0.39, 0.29) is 55.8 Å². The average molecular weight is 814 g/mol. The Labute approximate surface area is 361 Å². The second-order valence-corrected chi connectivity index (χ2v) is 16.1. The average Bonchev–Trinajstić information content (AvgIpc) is 3.48. The number of piperazine rings is 1. The van der Waals surface area contributed by atoms with Crippen LogP contribution in [0.3, 0.4) is 0 Å². The molecule has 3 aliphatic heterocycles. The summed E-state index contributed by atoms with van der Waals surface area (Å²) in [5.41, 5.74) is 2.95. The zero-order chi connectivity index (χ0) is 40.3. The van der Waals surface area contributed by atoms with Gasteiger partial charge in [-0.2, -0.15) is 0 Å². The summed E-state index contributed by atoms with van der Waals surface area (Å²) in [6, 6.07) is 28.3. The number of benzene rings is 4. The number of imide groups is 1. The maximum atomic E-state index is 13.7. The van der Waals surface area contributed by atoms with Crippen LogP contribution in [-0.4, -0.2) is 85.6 Å². The second kappa shape index (κ2) is 18.1. The number of carbonyl (C=O) groups is 6. The number of hydrogen-bond acceptors (Lipinski definition) is 10. The zero-order valence-electron chi connectivity index (χ0n) is 32.2. The molecule has 1 unspecified atom stereocenters. The van der Waals surface area contributed by atoms with Gasteiger partial charge in [-0.3, -0.25) is 24.1 Å². The first-order chi connectivity index (χ1) is 27.4. The van der Waals surface area contributed by atoms with E-state index in [1.807, 2.05) is 60.7 Å². The molecule has 0 radical (unpaired) electrons. The number of nitrogens with zero attached hydrogens (tertiary/aromatic N) is 3. The minimum absolute atomic E-state index is 0. The van der Waals surface area contributed by atoms with E-state index in [0.29, 0.717) is 29.2 Å². The molecule has 6 amide bonds. The molecule has 16 heteroatoms. The van der Waals surface area contributed by atoms with Crippen molar-refractivity contribution in [3.8, 4) is 11.5 Å². The smallest absolute Gasteiger partial charge is 0.548 e. The molecule has 294 valence electrons. The maximum absolute atomic E-state index is 13.7. The van der Waals surface area contributed by atoms with Crippen LogP contribution in [0.2, 0.25) is 0 Å². The number of urea groups is 1. The minimum atomic E-state index is -1.39. The van der Waals surface area contributed by atoms with Crippen LogP contribution in [0.1, 0.15) is 42.1 Å². The van der Waals surface area contributed by atoms with Crippen LogP contribution in [0.25, 0.3) is 0 Å². The zero-order valence-corrected chi connectivity index (χ0v) is 35.0. The van der Waals surface area contributed by atoms with Crippen molar-refractivity contribution in [1.82, 2.24) is 25.3 Å². The van der Waals surface area contributed by atoms with Gasteiger partial charge in [0.2, 0.25) is 11.8 Å². The summed E-state index contributed by atoms with van der Waals surface area (Å²) in [6.45, 7) is 3.88. The number of rotatable bonds is 13. The minimum Gasteiger partial charge on any atom is -0.548 e. The van der Waals surface area contributed by atoms with Crippen molar-refractivity contribution in [2.75, 3.05) is 13.1 Å². The van der Waals surface area contributed by atoms with Crippen LogP contribution in [0.4, 0.5) is 4.79 Å². The number of ether oxygens (including phenoxy) is 2. The largest absolute Gasteiger partial charge is 1.00 e. The van der Waals surface area contributed by atoms with Gasteiger partial charge < -0.3 is 39.8 Å². The van der Waals surface area contributed by atoms with Crippen LogP contribution in [-0.2, 0) is 43.7 Å². The number of amides is 6. The van der Waals surface area contributed by atoms with Gasteiger partial charge in [0.1, 0.15) is 30.7 Å².